The summed E-state index contributed by atoms with van der Waals surface area (Å²) in [6.45, 7) is 12.7. The average Bonchev–Trinajstić information content (AvgIpc) is 2.97. The Morgan fingerprint density at radius 1 is 0.932 bits per heavy atom. The second-order valence-corrected chi connectivity index (χ2v) is 24.6. The van der Waals surface area contributed by atoms with Crippen LogP contribution in [-0.2, 0) is 24.9 Å². The van der Waals surface area contributed by atoms with Crippen molar-refractivity contribution in [1.29, 1.82) is 0 Å². The molecule has 0 atom stereocenters. The van der Waals surface area contributed by atoms with E-state index in [2.05, 4.69) is 79.6 Å². The smallest absolute Gasteiger partial charge is 0.162 e. The molecule has 1 aromatic heterocycles. The third-order valence-electron chi connectivity index (χ3n) is 8.74. The quantitative estimate of drug-likeness (QED) is 0.0695. The topological polar surface area (TPSA) is 50.2 Å². The van der Waals surface area contributed by atoms with Crippen LogP contribution < -0.4 is 4.40 Å². The van der Waals surface area contributed by atoms with Gasteiger partial charge in [-0.2, -0.15) is 0 Å². The summed E-state index contributed by atoms with van der Waals surface area (Å²) < 4.78 is 1.58. The van der Waals surface area contributed by atoms with E-state index >= 15 is 0 Å². The second-order valence-electron chi connectivity index (χ2n) is 13.0. The molecule has 0 saturated heterocycles. The maximum Gasteiger partial charge on any atom is 0.162 e. The van der Waals surface area contributed by atoms with Crippen molar-refractivity contribution in [2.24, 2.45) is 11.8 Å². The normalized spacial score (nSPS) is 12.8. The molecule has 1 N–H and O–H groups in total. The molecular weight excluding hydrogens is 799 g/mol. The SMILES string of the molecule is CC(C)c1c2c([c-]c3ccccc13)-c1nccc3cc[c]([Ge]([CH3])([CH3])[CH3])c(c13)S2.CCC(CC)C(=O)/C=C(\O)C(CC)CC.[Ir]. The number of aliphatic hydroxyl groups excluding tert-OH is 1. The van der Waals surface area contributed by atoms with Gasteiger partial charge in [0.05, 0.1) is 5.76 Å². The molecule has 0 fully saturated rings. The van der Waals surface area contributed by atoms with Crippen LogP contribution in [0.25, 0.3) is 32.8 Å². The molecule has 6 heteroatoms. The largest absolute Gasteiger partial charge is 0.512 e. The van der Waals surface area contributed by atoms with Gasteiger partial charge in [-0.15, -0.1) is 0 Å². The molecule has 2 heterocycles. The van der Waals surface area contributed by atoms with Crippen LogP contribution in [0.3, 0.4) is 0 Å². The number of allylic oxidation sites excluding steroid dienone is 2. The number of hydrogen-bond acceptors (Lipinski definition) is 4. The minimum absolute atomic E-state index is 0. The number of aromatic nitrogens is 1. The van der Waals surface area contributed by atoms with Gasteiger partial charge < -0.3 is 5.11 Å². The number of rotatable bonds is 9. The Kier molecular flexibility index (Phi) is 12.9. The molecular formula is C38H48GeIrNO2S-. The first-order chi connectivity index (χ1) is 20.5. The number of nitrogens with zero attached hydrogens (tertiary/aromatic N) is 1. The minimum atomic E-state index is -2.03. The Hall–Kier alpha value is -1.92. The molecule has 3 aromatic carbocycles. The number of hydrogen-bond donors (Lipinski definition) is 1. The molecule has 1 aliphatic heterocycles. The van der Waals surface area contributed by atoms with Crippen molar-refractivity contribution in [3.8, 4) is 11.3 Å². The van der Waals surface area contributed by atoms with E-state index in [9.17, 15) is 9.90 Å². The summed E-state index contributed by atoms with van der Waals surface area (Å²) in [6, 6.07) is 19.3. The molecule has 3 nitrogen and oxygen atoms in total. The van der Waals surface area contributed by atoms with Gasteiger partial charge in [-0.25, -0.2) is 0 Å². The molecule has 1 aliphatic rings. The van der Waals surface area contributed by atoms with Crippen molar-refractivity contribution >= 4 is 56.8 Å². The van der Waals surface area contributed by atoms with Crippen LogP contribution in [0.5, 0.6) is 0 Å². The summed E-state index contributed by atoms with van der Waals surface area (Å²) in [5, 5.41) is 14.9. The Labute approximate surface area is 285 Å². The molecule has 0 spiro atoms. The molecule has 0 amide bonds. The number of carbonyl (C=O) groups excluding carboxylic acids is 1. The molecule has 4 aromatic rings. The number of fused-ring (bicyclic) bond motifs is 3. The van der Waals surface area contributed by atoms with Crippen molar-refractivity contribution in [3.63, 3.8) is 0 Å². The summed E-state index contributed by atoms with van der Waals surface area (Å²) in [7, 11) is 0. The molecule has 0 aliphatic carbocycles. The third-order valence-corrected chi connectivity index (χ3v) is 14.6. The Morgan fingerprint density at radius 2 is 1.57 bits per heavy atom. The average molecular weight is 848 g/mol. The van der Waals surface area contributed by atoms with Gasteiger partial charge in [-0.1, -0.05) is 27.7 Å². The molecule has 1 radical (unpaired) electrons. The fraction of sp³-hybridized carbons (Fsp3) is 0.421. The van der Waals surface area contributed by atoms with E-state index in [1.54, 1.807) is 4.40 Å². The fourth-order valence-electron chi connectivity index (χ4n) is 6.13. The van der Waals surface area contributed by atoms with E-state index in [0.717, 1.165) is 31.4 Å². The molecule has 44 heavy (non-hydrogen) atoms. The zero-order valence-electron chi connectivity index (χ0n) is 27.8. The Bertz CT molecular complexity index is 1650. The Morgan fingerprint density at radius 3 is 2.16 bits per heavy atom. The van der Waals surface area contributed by atoms with Crippen LogP contribution in [0.1, 0.15) is 78.7 Å². The van der Waals surface area contributed by atoms with Gasteiger partial charge >= 0.3 is 174 Å². The van der Waals surface area contributed by atoms with E-state index < -0.39 is 13.3 Å². The van der Waals surface area contributed by atoms with Crippen LogP contribution >= 0.6 is 11.8 Å². The van der Waals surface area contributed by atoms with Crippen LogP contribution in [0, 0.1) is 17.9 Å². The van der Waals surface area contributed by atoms with E-state index in [1.807, 2.05) is 45.7 Å². The molecule has 237 valence electrons. The van der Waals surface area contributed by atoms with Crippen LogP contribution in [0.2, 0.25) is 17.3 Å². The van der Waals surface area contributed by atoms with Gasteiger partial charge in [-0.3, -0.25) is 4.79 Å². The standard InChI is InChI=1S/C25H24GeNS.C13H24O2.Ir/c1-15(2)21-18-9-7-6-8-17(18)14-19-23-22-16(12-13-27-23)10-11-20(26(3,4)5)25(22)28-24(19)21;1-5-10(6-2)12(14)9-13(15)11(7-3)8-4;/h6-13,15H,1-5H3;9-11,14H,5-8H2,1-4H3;/q-1;;/b;12-9-;. The molecule has 0 bridgehead atoms. The fourth-order valence-corrected chi connectivity index (χ4v) is 12.4. The molecule has 5 rings (SSSR count). The van der Waals surface area contributed by atoms with Crippen LogP contribution in [0.15, 0.2) is 70.3 Å². The van der Waals surface area contributed by atoms with Gasteiger partial charge in [0.25, 0.3) is 0 Å². The summed E-state index contributed by atoms with van der Waals surface area (Å²) in [6.07, 6.45) is 6.86. The first-order valence-electron chi connectivity index (χ1n) is 16.0. The van der Waals surface area contributed by atoms with Crippen LogP contribution in [-0.4, -0.2) is 29.1 Å². The summed E-state index contributed by atoms with van der Waals surface area (Å²) in [5.41, 5.74) is 3.74. The van der Waals surface area contributed by atoms with Crippen molar-refractivity contribution in [2.45, 2.75) is 100 Å². The summed E-state index contributed by atoms with van der Waals surface area (Å²) >= 11 is -0.0578. The first-order valence-corrected chi connectivity index (χ1v) is 24.1. The number of pyridine rings is 1. The predicted octanol–water partition coefficient (Wildman–Crippen LogP) is 10.9. The minimum Gasteiger partial charge on any atom is -0.512 e. The summed E-state index contributed by atoms with van der Waals surface area (Å²) in [5.74, 6) is 8.45. The van der Waals surface area contributed by atoms with Gasteiger partial charge in [0.1, 0.15) is 0 Å². The van der Waals surface area contributed by atoms with E-state index in [1.165, 1.54) is 48.5 Å². The van der Waals surface area contributed by atoms with Gasteiger partial charge in [-0.05, 0) is 25.7 Å². The zero-order valence-corrected chi connectivity index (χ0v) is 33.1. The van der Waals surface area contributed by atoms with E-state index in [-0.39, 0.29) is 43.5 Å². The van der Waals surface area contributed by atoms with Gasteiger partial charge in [0.2, 0.25) is 0 Å². The molecule has 0 saturated carbocycles. The van der Waals surface area contributed by atoms with Crippen molar-refractivity contribution in [3.05, 3.63) is 72.1 Å². The number of aliphatic hydroxyl groups is 1. The maximum absolute atomic E-state index is 11.7. The van der Waals surface area contributed by atoms with Crippen molar-refractivity contribution < 1.29 is 30.0 Å². The predicted molar refractivity (Wildman–Crippen MR) is 189 cm³/mol. The van der Waals surface area contributed by atoms with Crippen molar-refractivity contribution in [1.82, 2.24) is 4.98 Å². The monoisotopic (exact) mass is 849 g/mol. The number of carbonyl (C=O) groups is 1. The second kappa shape index (κ2) is 15.6. The number of benzene rings is 3. The molecule has 0 unspecified atom stereocenters. The van der Waals surface area contributed by atoms with E-state index in [0.29, 0.717) is 5.92 Å². The maximum atomic E-state index is 11.7. The first kappa shape index (κ1) is 36.5. The number of ketones is 1. The van der Waals surface area contributed by atoms with Crippen LogP contribution in [0.4, 0.5) is 0 Å². The Balaban J connectivity index is 0.000000286. The van der Waals surface area contributed by atoms with E-state index in [4.69, 9.17) is 4.98 Å². The van der Waals surface area contributed by atoms with Crippen molar-refractivity contribution in [2.75, 3.05) is 0 Å². The van der Waals surface area contributed by atoms with Gasteiger partial charge in [0.15, 0.2) is 5.78 Å². The van der Waals surface area contributed by atoms with Gasteiger partial charge in [0, 0.05) is 38.0 Å². The zero-order chi connectivity index (χ0) is 31.5. The third kappa shape index (κ3) is 7.54. The summed E-state index contributed by atoms with van der Waals surface area (Å²) in [4.78, 5) is 19.4.